The van der Waals surface area contributed by atoms with Gasteiger partial charge in [-0.05, 0) is 37.1 Å². The quantitative estimate of drug-likeness (QED) is 0.629. The molecule has 0 saturated carbocycles. The van der Waals surface area contributed by atoms with Gasteiger partial charge in [-0.2, -0.15) is 4.31 Å². The number of sulfonamides is 1. The van der Waals surface area contributed by atoms with E-state index in [0.29, 0.717) is 23.8 Å². The second-order valence-corrected chi connectivity index (χ2v) is 9.26. The molecule has 3 aromatic rings. The second kappa shape index (κ2) is 7.40. The number of amides is 1. The van der Waals surface area contributed by atoms with Crippen molar-refractivity contribution in [2.45, 2.75) is 17.7 Å². The largest absolute Gasteiger partial charge is 0.349 e. The van der Waals surface area contributed by atoms with E-state index in [9.17, 15) is 13.2 Å². The van der Waals surface area contributed by atoms with E-state index < -0.39 is 15.9 Å². The Kier molecular flexibility index (Phi) is 5.09. The number of hydrogen-bond donors (Lipinski definition) is 2. The van der Waals surface area contributed by atoms with Crippen LogP contribution in [-0.2, 0) is 10.0 Å². The number of aromatic nitrogens is 1. The molecular formula is C19H17Cl2N3O3S. The molecule has 1 aliphatic rings. The molecule has 1 aliphatic heterocycles. The Balaban J connectivity index is 1.65. The minimum atomic E-state index is -3.70. The van der Waals surface area contributed by atoms with Gasteiger partial charge in [0.25, 0.3) is 5.91 Å². The van der Waals surface area contributed by atoms with Gasteiger partial charge >= 0.3 is 0 Å². The lowest BCUT2D eigenvalue weighted by molar-refractivity contribution is 0.102. The number of aromatic amines is 1. The van der Waals surface area contributed by atoms with E-state index in [1.54, 1.807) is 6.07 Å². The molecule has 1 amide bonds. The summed E-state index contributed by atoms with van der Waals surface area (Å²) in [6.45, 7) is 0.944. The Bertz CT molecular complexity index is 1170. The zero-order valence-electron chi connectivity index (χ0n) is 14.7. The van der Waals surface area contributed by atoms with Crippen LogP contribution in [0.1, 0.15) is 23.3 Å². The third kappa shape index (κ3) is 3.39. The van der Waals surface area contributed by atoms with Gasteiger partial charge in [-0.1, -0.05) is 41.4 Å². The van der Waals surface area contributed by atoms with Crippen LogP contribution in [0.5, 0.6) is 0 Å². The van der Waals surface area contributed by atoms with E-state index >= 15 is 0 Å². The monoisotopic (exact) mass is 437 g/mol. The van der Waals surface area contributed by atoms with Gasteiger partial charge in [0.1, 0.15) is 10.6 Å². The second-order valence-electron chi connectivity index (χ2n) is 6.57. The molecule has 1 saturated heterocycles. The van der Waals surface area contributed by atoms with Gasteiger partial charge in [-0.25, -0.2) is 8.42 Å². The van der Waals surface area contributed by atoms with Crippen molar-refractivity contribution in [2.75, 3.05) is 18.4 Å². The van der Waals surface area contributed by atoms with Crippen molar-refractivity contribution in [3.63, 3.8) is 0 Å². The minimum Gasteiger partial charge on any atom is -0.349 e. The van der Waals surface area contributed by atoms with Crippen LogP contribution in [0.25, 0.3) is 10.9 Å². The summed E-state index contributed by atoms with van der Waals surface area (Å²) in [7, 11) is -3.70. The first-order valence-electron chi connectivity index (χ1n) is 8.75. The summed E-state index contributed by atoms with van der Waals surface area (Å²) in [5, 5.41) is 3.86. The number of benzene rings is 2. The third-order valence-electron chi connectivity index (χ3n) is 4.74. The normalized spacial score (nSPS) is 15.2. The lowest BCUT2D eigenvalue weighted by Crippen LogP contribution is -2.28. The summed E-state index contributed by atoms with van der Waals surface area (Å²) in [6, 6.07) is 11.7. The number of para-hydroxylation sites is 1. The number of carbonyl (C=O) groups excluding carboxylic acids is 1. The molecule has 0 spiro atoms. The first kappa shape index (κ1) is 19.3. The van der Waals surface area contributed by atoms with E-state index in [2.05, 4.69) is 10.3 Å². The first-order chi connectivity index (χ1) is 13.4. The van der Waals surface area contributed by atoms with Crippen molar-refractivity contribution < 1.29 is 13.2 Å². The Morgan fingerprint density at radius 2 is 1.79 bits per heavy atom. The van der Waals surface area contributed by atoms with Gasteiger partial charge in [-0.15, -0.1) is 0 Å². The van der Waals surface area contributed by atoms with Gasteiger partial charge in [0.15, 0.2) is 0 Å². The predicted octanol–water partition coefficient (Wildman–Crippen LogP) is 4.51. The van der Waals surface area contributed by atoms with Crippen LogP contribution in [0.4, 0.5) is 5.69 Å². The number of rotatable bonds is 4. The average Bonchev–Trinajstić information content (AvgIpc) is 3.32. The molecule has 1 aromatic heterocycles. The van der Waals surface area contributed by atoms with E-state index in [4.69, 9.17) is 23.2 Å². The Morgan fingerprint density at radius 1 is 1.07 bits per heavy atom. The fourth-order valence-corrected chi connectivity index (χ4v) is 5.62. The maximum absolute atomic E-state index is 12.8. The number of nitrogens with one attached hydrogen (secondary N) is 2. The van der Waals surface area contributed by atoms with Crippen LogP contribution >= 0.6 is 23.2 Å². The average molecular weight is 438 g/mol. The van der Waals surface area contributed by atoms with Gasteiger partial charge in [-0.3, -0.25) is 4.79 Å². The lowest BCUT2D eigenvalue weighted by atomic mass is 10.2. The van der Waals surface area contributed by atoms with Crippen molar-refractivity contribution in [2.24, 2.45) is 0 Å². The van der Waals surface area contributed by atoms with Crippen molar-refractivity contribution in [3.05, 3.63) is 58.2 Å². The van der Waals surface area contributed by atoms with Gasteiger partial charge in [0.2, 0.25) is 10.0 Å². The third-order valence-corrected chi connectivity index (χ3v) is 7.51. The molecule has 2 N–H and O–H groups in total. The highest BCUT2D eigenvalue weighted by Gasteiger charge is 2.29. The number of anilines is 1. The molecule has 2 heterocycles. The highest BCUT2D eigenvalue weighted by Crippen LogP contribution is 2.31. The van der Waals surface area contributed by atoms with Gasteiger partial charge in [0, 0.05) is 29.7 Å². The number of carbonyl (C=O) groups is 1. The van der Waals surface area contributed by atoms with Crippen molar-refractivity contribution >= 4 is 55.7 Å². The van der Waals surface area contributed by atoms with Gasteiger partial charge < -0.3 is 10.3 Å². The molecule has 0 aliphatic carbocycles. The number of hydrogen-bond acceptors (Lipinski definition) is 3. The number of H-pyrrole nitrogens is 1. The molecule has 2 aromatic carbocycles. The molecule has 0 bridgehead atoms. The number of nitrogens with zero attached hydrogens (tertiary/aromatic N) is 1. The molecule has 1 fully saturated rings. The van der Waals surface area contributed by atoms with E-state index in [1.807, 2.05) is 24.3 Å². The van der Waals surface area contributed by atoms with Crippen molar-refractivity contribution in [1.82, 2.24) is 9.29 Å². The van der Waals surface area contributed by atoms with Crippen LogP contribution in [0.3, 0.4) is 0 Å². The first-order valence-corrected chi connectivity index (χ1v) is 10.9. The smallest absolute Gasteiger partial charge is 0.273 e. The van der Waals surface area contributed by atoms with Gasteiger partial charge in [0.05, 0.1) is 10.0 Å². The highest BCUT2D eigenvalue weighted by atomic mass is 35.5. The van der Waals surface area contributed by atoms with Crippen LogP contribution in [0.15, 0.2) is 47.4 Å². The number of fused-ring (bicyclic) bond motifs is 1. The van der Waals surface area contributed by atoms with Crippen molar-refractivity contribution in [3.8, 4) is 0 Å². The molecule has 146 valence electrons. The summed E-state index contributed by atoms with van der Waals surface area (Å²) >= 11 is 12.5. The Morgan fingerprint density at radius 3 is 2.50 bits per heavy atom. The van der Waals surface area contributed by atoms with Crippen molar-refractivity contribution in [1.29, 1.82) is 0 Å². The van der Waals surface area contributed by atoms with Crippen LogP contribution in [0.2, 0.25) is 10.0 Å². The van der Waals surface area contributed by atoms with Crippen LogP contribution in [-0.4, -0.2) is 36.7 Å². The molecular weight excluding hydrogens is 421 g/mol. The topological polar surface area (TPSA) is 82.3 Å². The molecule has 0 atom stereocenters. The van der Waals surface area contributed by atoms with E-state index in [1.165, 1.54) is 16.4 Å². The maximum atomic E-state index is 12.8. The summed E-state index contributed by atoms with van der Waals surface area (Å²) in [5.74, 6) is -0.465. The zero-order valence-corrected chi connectivity index (χ0v) is 17.0. The number of halogens is 2. The van der Waals surface area contributed by atoms with E-state index in [-0.39, 0.29) is 15.6 Å². The lowest BCUT2D eigenvalue weighted by Gasteiger charge is -2.17. The van der Waals surface area contributed by atoms with Crippen LogP contribution < -0.4 is 5.32 Å². The molecule has 9 heteroatoms. The highest BCUT2D eigenvalue weighted by molar-refractivity contribution is 7.89. The molecule has 0 radical (unpaired) electrons. The molecule has 0 unspecified atom stereocenters. The maximum Gasteiger partial charge on any atom is 0.273 e. The SMILES string of the molecule is O=C(Nc1ccc(Cl)c(S(=O)(=O)N2CCCC2)c1)c1[nH]c2ccccc2c1Cl. The van der Waals surface area contributed by atoms with Crippen LogP contribution in [0, 0.1) is 0 Å². The molecule has 28 heavy (non-hydrogen) atoms. The Labute approximate surface area is 172 Å². The van der Waals surface area contributed by atoms with E-state index in [0.717, 1.165) is 23.7 Å². The summed E-state index contributed by atoms with van der Waals surface area (Å²) in [6.07, 6.45) is 1.65. The summed E-state index contributed by atoms with van der Waals surface area (Å²) < 4.78 is 27.1. The molecule has 6 nitrogen and oxygen atoms in total. The zero-order chi connectivity index (χ0) is 19.9. The minimum absolute atomic E-state index is 0.0170. The summed E-state index contributed by atoms with van der Waals surface area (Å²) in [4.78, 5) is 15.7. The molecule has 4 rings (SSSR count). The standard InChI is InChI=1S/C19H17Cl2N3O3S/c20-14-8-7-12(11-16(14)28(26,27)24-9-3-4-10-24)22-19(25)18-17(21)13-5-1-2-6-15(13)23-18/h1-2,5-8,11,23H,3-4,9-10H2,(H,22,25). The summed E-state index contributed by atoms with van der Waals surface area (Å²) in [5.41, 5.74) is 1.27. The fraction of sp³-hybridized carbons (Fsp3) is 0.211. The Hall–Kier alpha value is -2.06. The predicted molar refractivity (Wildman–Crippen MR) is 111 cm³/mol. The fourth-order valence-electron chi connectivity index (χ4n) is 3.30.